The fourth-order valence-electron chi connectivity index (χ4n) is 3.79. The molecule has 176 valence electrons. The first kappa shape index (κ1) is 23.6. The summed E-state index contributed by atoms with van der Waals surface area (Å²) >= 11 is 1.67. The van der Waals surface area contributed by atoms with E-state index in [1.807, 2.05) is 18.4 Å². The van der Waals surface area contributed by atoms with Crippen molar-refractivity contribution in [2.75, 3.05) is 38.6 Å². The van der Waals surface area contributed by atoms with Crippen LogP contribution in [0, 0.1) is 0 Å². The number of aromatic nitrogens is 1. The molecule has 1 atom stereocenters. The number of sulfone groups is 1. The fourth-order valence-corrected chi connectivity index (χ4v) is 5.98. The van der Waals surface area contributed by atoms with Gasteiger partial charge in [-0.2, -0.15) is 0 Å². The van der Waals surface area contributed by atoms with E-state index >= 15 is 0 Å². The summed E-state index contributed by atoms with van der Waals surface area (Å²) in [5.41, 5.74) is 0.835. The highest BCUT2D eigenvalue weighted by Crippen LogP contribution is 2.26. The quantitative estimate of drug-likeness (QED) is 0.492. The van der Waals surface area contributed by atoms with Gasteiger partial charge in [0, 0.05) is 36.1 Å². The third-order valence-electron chi connectivity index (χ3n) is 5.53. The number of amides is 1. The molecule has 4 rings (SSSR count). The lowest BCUT2D eigenvalue weighted by molar-refractivity contribution is 0.0169. The number of ether oxygens (including phenoxy) is 1. The van der Waals surface area contributed by atoms with Gasteiger partial charge in [0.2, 0.25) is 0 Å². The number of hydrogen-bond acceptors (Lipinski definition) is 8. The maximum atomic E-state index is 12.8. The van der Waals surface area contributed by atoms with Crippen LogP contribution in [-0.4, -0.2) is 63.0 Å². The number of nitrogens with zero attached hydrogens (tertiary/aromatic N) is 2. The summed E-state index contributed by atoms with van der Waals surface area (Å²) in [5.74, 6) is 0.195. The lowest BCUT2D eigenvalue weighted by Gasteiger charge is -2.34. The molecule has 1 aromatic carbocycles. The van der Waals surface area contributed by atoms with Crippen LogP contribution in [0.2, 0.25) is 0 Å². The summed E-state index contributed by atoms with van der Waals surface area (Å²) in [7, 11) is -3.28. The maximum Gasteiger partial charge on any atom is 0.273 e. The lowest BCUT2D eigenvalue weighted by Crippen LogP contribution is -2.43. The van der Waals surface area contributed by atoms with E-state index in [0.717, 1.165) is 13.1 Å². The molecule has 8 nitrogen and oxygen atoms in total. The number of benzene rings is 1. The molecule has 0 saturated carbocycles. The van der Waals surface area contributed by atoms with Gasteiger partial charge in [-0.15, -0.1) is 11.3 Å². The molecule has 1 aliphatic heterocycles. The Kier molecular flexibility index (Phi) is 7.59. The number of carbonyl (C=O) groups excluding carboxylic acids is 1. The van der Waals surface area contributed by atoms with Gasteiger partial charge in [-0.25, -0.2) is 8.42 Å². The zero-order valence-corrected chi connectivity index (χ0v) is 20.0. The minimum absolute atomic E-state index is 0.0711. The minimum atomic E-state index is -3.28. The van der Waals surface area contributed by atoms with Crippen molar-refractivity contribution in [1.82, 2.24) is 15.4 Å². The van der Waals surface area contributed by atoms with Gasteiger partial charge in [-0.1, -0.05) is 18.1 Å². The average molecular weight is 490 g/mol. The van der Waals surface area contributed by atoms with Crippen LogP contribution in [0.5, 0.6) is 0 Å². The number of rotatable bonds is 9. The zero-order chi connectivity index (χ0) is 23.3. The molecule has 0 bridgehead atoms. The third kappa shape index (κ3) is 5.70. The third-order valence-corrected chi connectivity index (χ3v) is 8.44. The topological polar surface area (TPSA) is 102 Å². The second-order valence-corrected chi connectivity index (χ2v) is 10.9. The first-order valence-electron chi connectivity index (χ1n) is 10.9. The summed E-state index contributed by atoms with van der Waals surface area (Å²) in [6.07, 6.45) is 0.559. The summed E-state index contributed by atoms with van der Waals surface area (Å²) in [6, 6.07) is 12.2. The van der Waals surface area contributed by atoms with Crippen molar-refractivity contribution in [3.05, 3.63) is 58.4 Å². The lowest BCUT2D eigenvalue weighted by atomic mass is 10.1. The Labute approximate surface area is 197 Å². The van der Waals surface area contributed by atoms with Crippen molar-refractivity contribution in [2.45, 2.75) is 24.3 Å². The number of morpholine rings is 1. The molecule has 0 spiro atoms. The van der Waals surface area contributed by atoms with Crippen molar-refractivity contribution >= 4 is 27.1 Å². The Bertz CT molecular complexity index is 1150. The largest absolute Gasteiger partial charge is 0.379 e. The van der Waals surface area contributed by atoms with E-state index < -0.39 is 9.84 Å². The minimum Gasteiger partial charge on any atom is -0.379 e. The molecule has 0 radical (unpaired) electrons. The van der Waals surface area contributed by atoms with E-state index in [9.17, 15) is 13.2 Å². The van der Waals surface area contributed by atoms with Crippen molar-refractivity contribution in [2.24, 2.45) is 0 Å². The average Bonchev–Trinajstić information content (AvgIpc) is 3.53. The van der Waals surface area contributed by atoms with Gasteiger partial charge in [-0.3, -0.25) is 9.69 Å². The van der Waals surface area contributed by atoms with Gasteiger partial charge in [0.1, 0.15) is 0 Å². The molecular weight excluding hydrogens is 462 g/mol. The van der Waals surface area contributed by atoms with Gasteiger partial charge in [-0.05, 0) is 42.1 Å². The van der Waals surface area contributed by atoms with Crippen molar-refractivity contribution in [3.63, 3.8) is 0 Å². The molecule has 1 fully saturated rings. The van der Waals surface area contributed by atoms with Gasteiger partial charge in [0.25, 0.3) is 5.91 Å². The van der Waals surface area contributed by atoms with Crippen LogP contribution in [-0.2, 0) is 14.6 Å². The molecule has 3 aromatic rings. The number of thiophene rings is 1. The van der Waals surface area contributed by atoms with Crippen LogP contribution in [0.1, 0.15) is 34.8 Å². The van der Waals surface area contributed by atoms with Gasteiger partial charge >= 0.3 is 0 Å². The van der Waals surface area contributed by atoms with Crippen LogP contribution in [0.15, 0.2) is 57.3 Å². The smallest absolute Gasteiger partial charge is 0.273 e. The van der Waals surface area contributed by atoms with Gasteiger partial charge in [0.15, 0.2) is 21.3 Å². The fraction of sp³-hybridized carbons (Fsp3) is 0.391. The number of nitrogens with one attached hydrogen (secondary N) is 1. The highest BCUT2D eigenvalue weighted by atomic mass is 32.2. The second kappa shape index (κ2) is 10.6. The summed E-state index contributed by atoms with van der Waals surface area (Å²) in [5, 5.41) is 8.92. The Morgan fingerprint density at radius 2 is 1.97 bits per heavy atom. The molecule has 1 saturated heterocycles. The van der Waals surface area contributed by atoms with E-state index in [1.165, 1.54) is 4.88 Å². The predicted octanol–water partition coefficient (Wildman–Crippen LogP) is 3.39. The Morgan fingerprint density at radius 3 is 2.64 bits per heavy atom. The van der Waals surface area contributed by atoms with E-state index in [2.05, 4.69) is 21.4 Å². The molecule has 1 aliphatic rings. The Hall–Kier alpha value is -2.53. The summed E-state index contributed by atoms with van der Waals surface area (Å²) in [4.78, 5) is 16.5. The highest BCUT2D eigenvalue weighted by Gasteiger charge is 2.25. The molecule has 1 unspecified atom stereocenters. The molecule has 1 amide bonds. The van der Waals surface area contributed by atoms with Crippen molar-refractivity contribution in [1.29, 1.82) is 0 Å². The molecule has 10 heteroatoms. The van der Waals surface area contributed by atoms with Gasteiger partial charge < -0.3 is 14.6 Å². The van der Waals surface area contributed by atoms with Gasteiger partial charge in [0.05, 0.1) is 29.9 Å². The SMILES string of the molecule is CCCS(=O)(=O)c1ccc(-c2cc(C(=O)NCC(c3cccs3)N3CCOCC3)no2)cc1. The van der Waals surface area contributed by atoms with Crippen molar-refractivity contribution < 1.29 is 22.5 Å². The predicted molar refractivity (Wildman–Crippen MR) is 126 cm³/mol. The first-order chi connectivity index (χ1) is 16.0. The molecule has 1 N–H and O–H groups in total. The maximum absolute atomic E-state index is 12.8. The first-order valence-corrected chi connectivity index (χ1v) is 13.4. The van der Waals surface area contributed by atoms with Crippen molar-refractivity contribution in [3.8, 4) is 11.3 Å². The van der Waals surface area contributed by atoms with Crippen LogP contribution < -0.4 is 5.32 Å². The van der Waals surface area contributed by atoms with E-state index in [4.69, 9.17) is 9.26 Å². The monoisotopic (exact) mass is 489 g/mol. The number of carbonyl (C=O) groups is 1. The second-order valence-electron chi connectivity index (χ2n) is 7.81. The van der Waals surface area contributed by atoms with E-state index in [-0.39, 0.29) is 28.3 Å². The standard InChI is InChI=1S/C23H27N3O5S2/c1-2-14-33(28,29)18-7-5-17(6-8-18)21-15-19(25-31-21)23(27)24-16-20(22-4-3-13-32-22)26-9-11-30-12-10-26/h3-8,13,15,20H,2,9-12,14,16H2,1H3,(H,24,27). The zero-order valence-electron chi connectivity index (χ0n) is 18.4. The highest BCUT2D eigenvalue weighted by molar-refractivity contribution is 7.91. The van der Waals surface area contributed by atoms with E-state index in [0.29, 0.717) is 37.5 Å². The molecule has 33 heavy (non-hydrogen) atoms. The van der Waals surface area contributed by atoms with E-state index in [1.54, 1.807) is 41.7 Å². The molecule has 2 aromatic heterocycles. The summed E-state index contributed by atoms with van der Waals surface area (Å²) in [6.45, 7) is 5.27. The normalized spacial score (nSPS) is 15.9. The summed E-state index contributed by atoms with van der Waals surface area (Å²) < 4.78 is 35.2. The van der Waals surface area contributed by atoms with Crippen LogP contribution in [0.4, 0.5) is 0 Å². The van der Waals surface area contributed by atoms with Crippen LogP contribution in [0.25, 0.3) is 11.3 Å². The molecular formula is C23H27N3O5S2. The molecule has 0 aliphatic carbocycles. The van der Waals surface area contributed by atoms with Crippen LogP contribution >= 0.6 is 11.3 Å². The Balaban J connectivity index is 1.42. The molecule has 3 heterocycles. The number of hydrogen-bond donors (Lipinski definition) is 1. The Morgan fingerprint density at radius 1 is 1.21 bits per heavy atom. The van der Waals surface area contributed by atoms with Crippen LogP contribution in [0.3, 0.4) is 0 Å².